The van der Waals surface area contributed by atoms with Gasteiger partial charge in [0, 0.05) is 11.9 Å². The van der Waals surface area contributed by atoms with E-state index in [1.807, 2.05) is 0 Å². The maximum absolute atomic E-state index is 13.1. The van der Waals surface area contributed by atoms with Gasteiger partial charge in [-0.3, -0.25) is 0 Å². The number of rotatable bonds is 6. The zero-order valence-electron chi connectivity index (χ0n) is 28.6. The molecule has 3 fully saturated rings. The molecule has 2 saturated carbocycles. The molecule has 4 N–H and O–H groups in total. The van der Waals surface area contributed by atoms with E-state index in [0.29, 0.717) is 11.8 Å². The first-order valence-electron chi connectivity index (χ1n) is 17.2. The van der Waals surface area contributed by atoms with Gasteiger partial charge in [0.1, 0.15) is 24.4 Å². The molecule has 0 aromatic heterocycles. The Morgan fingerprint density at radius 1 is 0.909 bits per heavy atom. The van der Waals surface area contributed by atoms with Gasteiger partial charge in [0.05, 0.1) is 12.7 Å². The van der Waals surface area contributed by atoms with Gasteiger partial charge in [0.2, 0.25) is 0 Å². The Labute approximate surface area is 264 Å². The number of carbonyl (C=O) groups is 1. The predicted octanol–water partition coefficient (Wildman–Crippen LogP) is 3.97. The van der Waals surface area contributed by atoms with Crippen molar-refractivity contribution in [1.82, 2.24) is 0 Å². The van der Waals surface area contributed by atoms with Gasteiger partial charge in [-0.15, -0.1) is 0 Å². The van der Waals surface area contributed by atoms with Crippen molar-refractivity contribution < 1.29 is 39.8 Å². The van der Waals surface area contributed by atoms with Crippen molar-refractivity contribution in [2.75, 3.05) is 6.61 Å². The number of ether oxygens (including phenoxy) is 2. The number of aliphatic carboxylic acids is 1. The summed E-state index contributed by atoms with van der Waals surface area (Å²) in [5.74, 6) is -0.424. The molecule has 0 aromatic carbocycles. The summed E-state index contributed by atoms with van der Waals surface area (Å²) in [4.78, 5) is 13.1. The molecule has 0 spiro atoms. The van der Waals surface area contributed by atoms with Gasteiger partial charge in [0.15, 0.2) is 6.29 Å². The summed E-state index contributed by atoms with van der Waals surface area (Å²) in [7, 11) is 0. The minimum atomic E-state index is -1.46. The molecule has 0 radical (unpaired) electrons. The van der Waals surface area contributed by atoms with E-state index in [1.165, 1.54) is 11.1 Å². The Hall–Kier alpha value is -1.03. The predicted molar refractivity (Wildman–Crippen MR) is 165 cm³/mol. The number of aliphatic hydroxyl groups is 4. The summed E-state index contributed by atoms with van der Waals surface area (Å²) < 4.78 is 12.2. The average Bonchev–Trinajstić information content (AvgIpc) is 2.94. The second-order valence-electron chi connectivity index (χ2n) is 17.2. The smallest absolute Gasteiger partial charge is 0.186 e. The first-order valence-corrected chi connectivity index (χ1v) is 17.2. The van der Waals surface area contributed by atoms with Gasteiger partial charge in [-0.2, -0.15) is 0 Å². The molecule has 5 rings (SSSR count). The van der Waals surface area contributed by atoms with Crippen LogP contribution in [0, 0.1) is 50.7 Å². The van der Waals surface area contributed by atoms with Crippen molar-refractivity contribution in [2.45, 2.75) is 150 Å². The minimum absolute atomic E-state index is 0.0559. The van der Waals surface area contributed by atoms with Gasteiger partial charge >= 0.3 is 0 Å². The molecule has 1 aliphatic heterocycles. The van der Waals surface area contributed by atoms with Crippen LogP contribution in [0.4, 0.5) is 0 Å². The van der Waals surface area contributed by atoms with Crippen LogP contribution in [0.5, 0.6) is 0 Å². The Balaban J connectivity index is 1.45. The van der Waals surface area contributed by atoms with Gasteiger partial charge in [-0.25, -0.2) is 0 Å². The van der Waals surface area contributed by atoms with Crippen molar-refractivity contribution in [3.63, 3.8) is 0 Å². The quantitative estimate of drug-likeness (QED) is 0.328. The van der Waals surface area contributed by atoms with Crippen molar-refractivity contribution in [3.05, 3.63) is 11.1 Å². The largest absolute Gasteiger partial charge is 0.550 e. The minimum Gasteiger partial charge on any atom is -0.550 e. The van der Waals surface area contributed by atoms with Gasteiger partial charge in [-0.1, -0.05) is 73.5 Å². The summed E-state index contributed by atoms with van der Waals surface area (Å²) in [6.07, 6.45) is 0.493. The summed E-state index contributed by atoms with van der Waals surface area (Å²) in [6.45, 7) is 19.9. The monoisotopic (exact) mass is 619 g/mol. The normalized spacial score (nSPS) is 49.6. The van der Waals surface area contributed by atoms with Crippen molar-refractivity contribution in [1.29, 1.82) is 0 Å². The van der Waals surface area contributed by atoms with Crippen molar-refractivity contribution >= 4 is 5.97 Å². The molecule has 8 nitrogen and oxygen atoms in total. The second-order valence-corrected chi connectivity index (χ2v) is 17.2. The Bertz CT molecular complexity index is 1150. The standard InChI is InChI=1S/C36H60O8/c1-19(2)20(3)33(6)16-17-35(8)22-10-11-24-32(4,5)25(44-31-28(40)27(39)26(38)23(18-37)43-31)13-14-34(24,7)21(22)12-15-36(35,9)29(33)30(41)42/h19-20,23-29,31,37-40H,10-18H2,1-9H3,(H,41,42)/p-1/t20-,23-,24+,25+,26-,27+,28-,29-,31+,33-,34-,35-,36+/m1/s1. The molecule has 0 aromatic rings. The van der Waals surface area contributed by atoms with E-state index in [-0.39, 0.29) is 39.1 Å². The maximum atomic E-state index is 13.1. The Morgan fingerprint density at radius 3 is 2.16 bits per heavy atom. The first-order chi connectivity index (χ1) is 20.3. The van der Waals surface area contributed by atoms with Gasteiger partial charge < -0.3 is 39.8 Å². The fourth-order valence-electron chi connectivity index (χ4n) is 11.6. The van der Waals surface area contributed by atoms with Gasteiger partial charge in [-0.05, 0) is 96.2 Å². The lowest BCUT2D eigenvalue weighted by atomic mass is 9.36. The topological polar surface area (TPSA) is 140 Å². The number of aliphatic hydroxyl groups excluding tert-OH is 4. The van der Waals surface area contributed by atoms with Crippen LogP contribution >= 0.6 is 0 Å². The number of hydrogen-bond acceptors (Lipinski definition) is 8. The highest BCUT2D eigenvalue weighted by atomic mass is 16.7. The zero-order valence-corrected chi connectivity index (χ0v) is 28.6. The number of hydrogen-bond donors (Lipinski definition) is 4. The fourth-order valence-corrected chi connectivity index (χ4v) is 11.6. The van der Waals surface area contributed by atoms with Crippen LogP contribution in [0.2, 0.25) is 0 Å². The molecule has 4 aliphatic carbocycles. The van der Waals surface area contributed by atoms with Crippen LogP contribution < -0.4 is 5.11 Å². The van der Waals surface area contributed by atoms with E-state index in [0.717, 1.165) is 51.4 Å². The zero-order chi connectivity index (χ0) is 32.8. The number of carboxylic acid groups (broad SMARTS) is 1. The highest BCUT2D eigenvalue weighted by Crippen LogP contribution is 2.73. The number of carboxylic acids is 1. The third-order valence-electron chi connectivity index (χ3n) is 14.9. The molecule has 0 amide bonds. The molecule has 5 aliphatic rings. The van der Waals surface area contributed by atoms with Crippen molar-refractivity contribution in [2.24, 2.45) is 50.7 Å². The summed E-state index contributed by atoms with van der Waals surface area (Å²) >= 11 is 0. The van der Waals surface area contributed by atoms with E-state index in [9.17, 15) is 30.3 Å². The lowest BCUT2D eigenvalue weighted by Crippen LogP contribution is -2.64. The van der Waals surface area contributed by atoms with Crippen LogP contribution in [-0.4, -0.2) is 69.8 Å². The molecule has 8 heteroatoms. The molecule has 1 heterocycles. The third-order valence-corrected chi connectivity index (χ3v) is 14.9. The molecule has 0 bridgehead atoms. The van der Waals surface area contributed by atoms with Crippen molar-refractivity contribution in [3.8, 4) is 0 Å². The van der Waals surface area contributed by atoms with E-state index >= 15 is 0 Å². The van der Waals surface area contributed by atoms with Crippen LogP contribution in [0.1, 0.15) is 114 Å². The number of allylic oxidation sites excluding steroid dienone is 2. The SMILES string of the molecule is CC(C)[C@@H](C)[C@@]1(C)CC[C@]2(C)C3=C(CC[C@@]2(C)[C@@H]1C(=O)[O-])[C@@]1(C)CC[C@H](O[C@@H]2O[C@H](CO)[C@@H](O)[C@H](O)[C@H]2O)C(C)(C)[C@@H]1CC3. The maximum Gasteiger partial charge on any atom is 0.186 e. The molecule has 13 atom stereocenters. The first kappa shape index (κ1) is 34.3. The molecule has 0 unspecified atom stereocenters. The average molecular weight is 620 g/mol. The van der Waals surface area contributed by atoms with Crippen LogP contribution in [0.15, 0.2) is 11.1 Å². The van der Waals surface area contributed by atoms with Gasteiger partial charge in [0.25, 0.3) is 0 Å². The number of fused-ring (bicyclic) bond motifs is 4. The van der Waals surface area contributed by atoms with E-state index in [1.54, 1.807) is 0 Å². The number of carbonyl (C=O) groups excluding carboxylic acids is 1. The summed E-state index contributed by atoms with van der Waals surface area (Å²) in [6, 6.07) is 0. The molecule has 44 heavy (non-hydrogen) atoms. The summed E-state index contributed by atoms with van der Waals surface area (Å²) in [5.41, 5.74) is 1.79. The molecule has 1 saturated heterocycles. The lowest BCUT2D eigenvalue weighted by Gasteiger charge is -2.69. The van der Waals surface area contributed by atoms with E-state index in [2.05, 4.69) is 62.3 Å². The lowest BCUT2D eigenvalue weighted by molar-refractivity contribution is -0.329. The highest BCUT2D eigenvalue weighted by Gasteiger charge is 2.66. The molecular weight excluding hydrogens is 560 g/mol. The molecule has 252 valence electrons. The fraction of sp³-hybridized carbons (Fsp3) is 0.917. The Morgan fingerprint density at radius 2 is 1.57 bits per heavy atom. The highest BCUT2D eigenvalue weighted by molar-refractivity contribution is 5.71. The Kier molecular flexibility index (Phi) is 8.81. The second kappa shape index (κ2) is 11.3. The van der Waals surface area contributed by atoms with Crippen LogP contribution in [-0.2, 0) is 14.3 Å². The van der Waals surface area contributed by atoms with E-state index in [4.69, 9.17) is 9.47 Å². The molecular formula is C36H59O8-. The summed E-state index contributed by atoms with van der Waals surface area (Å²) in [5, 5.41) is 54.1. The van der Waals surface area contributed by atoms with Crippen LogP contribution in [0.3, 0.4) is 0 Å². The third kappa shape index (κ3) is 4.70. The van der Waals surface area contributed by atoms with Crippen LogP contribution in [0.25, 0.3) is 0 Å². The van der Waals surface area contributed by atoms with E-state index < -0.39 is 49.2 Å².